The van der Waals surface area contributed by atoms with E-state index in [1.54, 1.807) is 30.3 Å². The van der Waals surface area contributed by atoms with E-state index < -0.39 is 0 Å². The Bertz CT molecular complexity index is 936. The molecule has 1 aliphatic rings. The van der Waals surface area contributed by atoms with Crippen molar-refractivity contribution in [1.29, 1.82) is 0 Å². The fraction of sp³-hybridized carbons (Fsp3) is 0.417. The van der Waals surface area contributed by atoms with Crippen LogP contribution in [-0.4, -0.2) is 48.4 Å². The number of amides is 1. The van der Waals surface area contributed by atoms with Gasteiger partial charge in [-0.3, -0.25) is 9.69 Å². The molecule has 1 aliphatic heterocycles. The highest BCUT2D eigenvalue weighted by atomic mass is 16.5. The maximum Gasteiger partial charge on any atom is 0.271 e. The quantitative estimate of drug-likeness (QED) is 0.494. The lowest BCUT2D eigenvalue weighted by atomic mass is 10.0. The molecule has 2 N–H and O–H groups in total. The van der Waals surface area contributed by atoms with E-state index in [-0.39, 0.29) is 11.7 Å². The van der Waals surface area contributed by atoms with Crippen molar-refractivity contribution in [2.24, 2.45) is 5.10 Å². The van der Waals surface area contributed by atoms with Crippen molar-refractivity contribution in [3.05, 3.63) is 53.1 Å². The molecule has 0 atom stereocenters. The highest BCUT2D eigenvalue weighted by Gasteiger charge is 2.14. The summed E-state index contributed by atoms with van der Waals surface area (Å²) in [7, 11) is 1.54. The van der Waals surface area contributed by atoms with Gasteiger partial charge in [0.25, 0.3) is 5.91 Å². The summed E-state index contributed by atoms with van der Waals surface area (Å²) in [5.41, 5.74) is 5.41. The standard InChI is InChI=1S/C24H31N3O4/c1-4-31-22-11-9-19(15-23(22)30-3)24(29)26-25-17(2)18-8-10-21(28)20(14-18)16-27-12-6-5-7-13-27/h8-11,14-15,28H,4-7,12-13,16H2,1-3H3,(H,26,29)/b25-17+. The Labute approximate surface area is 183 Å². The Morgan fingerprint density at radius 3 is 2.55 bits per heavy atom. The number of ether oxygens (including phenoxy) is 2. The molecule has 1 saturated heterocycles. The lowest BCUT2D eigenvalue weighted by molar-refractivity contribution is 0.0954. The summed E-state index contributed by atoms with van der Waals surface area (Å²) < 4.78 is 10.8. The van der Waals surface area contributed by atoms with Crippen LogP contribution in [0.5, 0.6) is 17.2 Å². The molecule has 0 aromatic heterocycles. The number of carbonyl (C=O) groups excluding carboxylic acids is 1. The van der Waals surface area contributed by atoms with E-state index in [9.17, 15) is 9.90 Å². The van der Waals surface area contributed by atoms with Gasteiger partial charge in [0.2, 0.25) is 0 Å². The van der Waals surface area contributed by atoms with Gasteiger partial charge in [0.05, 0.1) is 19.4 Å². The van der Waals surface area contributed by atoms with Crippen LogP contribution in [0.4, 0.5) is 0 Å². The smallest absolute Gasteiger partial charge is 0.271 e. The average Bonchev–Trinajstić information content (AvgIpc) is 2.79. The molecule has 7 heteroatoms. The molecule has 0 bridgehead atoms. The van der Waals surface area contributed by atoms with Crippen LogP contribution in [0.2, 0.25) is 0 Å². The minimum Gasteiger partial charge on any atom is -0.508 e. The van der Waals surface area contributed by atoms with E-state index in [1.807, 2.05) is 19.9 Å². The Balaban J connectivity index is 1.69. The number of hydrazone groups is 1. The molecule has 1 heterocycles. The minimum absolute atomic E-state index is 0.285. The first-order chi connectivity index (χ1) is 15.0. The number of phenols is 1. The first kappa shape index (κ1) is 22.6. The summed E-state index contributed by atoms with van der Waals surface area (Å²) in [6.07, 6.45) is 3.67. The van der Waals surface area contributed by atoms with E-state index in [0.717, 1.165) is 24.2 Å². The Morgan fingerprint density at radius 1 is 1.10 bits per heavy atom. The molecular weight excluding hydrogens is 394 g/mol. The third-order valence-corrected chi connectivity index (χ3v) is 5.39. The van der Waals surface area contributed by atoms with Crippen molar-refractivity contribution in [1.82, 2.24) is 10.3 Å². The molecule has 3 rings (SSSR count). The third kappa shape index (κ3) is 5.98. The second kappa shape index (κ2) is 10.8. The minimum atomic E-state index is -0.340. The summed E-state index contributed by atoms with van der Waals surface area (Å²) >= 11 is 0. The van der Waals surface area contributed by atoms with Crippen LogP contribution in [0.3, 0.4) is 0 Å². The highest BCUT2D eigenvalue weighted by molar-refractivity contribution is 6.01. The SMILES string of the molecule is CCOc1ccc(C(=O)N/N=C(\C)c2ccc(O)c(CN3CCCCC3)c2)cc1OC. The topological polar surface area (TPSA) is 83.4 Å². The average molecular weight is 426 g/mol. The molecule has 0 spiro atoms. The summed E-state index contributed by atoms with van der Waals surface area (Å²) in [5.74, 6) is 1.03. The Morgan fingerprint density at radius 2 is 1.84 bits per heavy atom. The third-order valence-electron chi connectivity index (χ3n) is 5.39. The van der Waals surface area contributed by atoms with Crippen molar-refractivity contribution in [2.45, 2.75) is 39.7 Å². The molecule has 31 heavy (non-hydrogen) atoms. The first-order valence-electron chi connectivity index (χ1n) is 10.7. The molecule has 0 unspecified atom stereocenters. The number of hydrogen-bond acceptors (Lipinski definition) is 6. The summed E-state index contributed by atoms with van der Waals surface area (Å²) in [6.45, 7) is 7.05. The number of rotatable bonds is 8. The van der Waals surface area contributed by atoms with Gasteiger partial charge in [-0.05, 0) is 81.7 Å². The molecule has 1 amide bonds. The maximum absolute atomic E-state index is 12.5. The number of nitrogens with one attached hydrogen (secondary N) is 1. The van der Waals surface area contributed by atoms with Crippen LogP contribution >= 0.6 is 0 Å². The molecule has 2 aromatic carbocycles. The zero-order chi connectivity index (χ0) is 22.2. The zero-order valence-corrected chi connectivity index (χ0v) is 18.5. The van der Waals surface area contributed by atoms with Crippen molar-refractivity contribution < 1.29 is 19.4 Å². The number of nitrogens with zero attached hydrogens (tertiary/aromatic N) is 2. The number of carbonyl (C=O) groups is 1. The second-order valence-corrected chi connectivity index (χ2v) is 7.62. The van der Waals surface area contributed by atoms with Crippen LogP contribution in [0, 0.1) is 0 Å². The lowest BCUT2D eigenvalue weighted by Crippen LogP contribution is -2.29. The first-order valence-corrected chi connectivity index (χ1v) is 10.7. The van der Waals surface area contributed by atoms with E-state index in [0.29, 0.717) is 35.9 Å². The molecule has 0 saturated carbocycles. The molecular formula is C24H31N3O4. The normalized spacial score (nSPS) is 14.9. The monoisotopic (exact) mass is 425 g/mol. The van der Waals surface area contributed by atoms with Crippen LogP contribution in [0.25, 0.3) is 0 Å². The van der Waals surface area contributed by atoms with Gasteiger partial charge in [-0.1, -0.05) is 6.42 Å². The zero-order valence-electron chi connectivity index (χ0n) is 18.5. The Kier molecular flexibility index (Phi) is 7.89. The van der Waals surface area contributed by atoms with Crippen LogP contribution in [-0.2, 0) is 6.54 Å². The van der Waals surface area contributed by atoms with Crippen LogP contribution < -0.4 is 14.9 Å². The largest absolute Gasteiger partial charge is 0.508 e. The van der Waals surface area contributed by atoms with Crippen LogP contribution in [0.1, 0.15) is 54.6 Å². The fourth-order valence-electron chi connectivity index (χ4n) is 3.64. The number of phenolic OH excluding ortho intramolecular Hbond substituents is 1. The van der Waals surface area contributed by atoms with Gasteiger partial charge in [0.1, 0.15) is 5.75 Å². The fourth-order valence-corrected chi connectivity index (χ4v) is 3.64. The number of aromatic hydroxyl groups is 1. The summed E-state index contributed by atoms with van der Waals surface area (Å²) in [6, 6.07) is 10.4. The molecule has 0 radical (unpaired) electrons. The number of hydrogen-bond donors (Lipinski definition) is 2. The number of piperidine rings is 1. The maximum atomic E-state index is 12.5. The van der Waals surface area contributed by atoms with Crippen molar-refractivity contribution in [3.8, 4) is 17.2 Å². The summed E-state index contributed by atoms with van der Waals surface area (Å²) in [5, 5.41) is 14.5. The van der Waals surface area contributed by atoms with Crippen molar-refractivity contribution >= 4 is 11.6 Å². The second-order valence-electron chi connectivity index (χ2n) is 7.62. The summed E-state index contributed by atoms with van der Waals surface area (Å²) in [4.78, 5) is 14.9. The van der Waals surface area contributed by atoms with E-state index in [2.05, 4.69) is 15.4 Å². The number of methoxy groups -OCH3 is 1. The van der Waals surface area contributed by atoms with Crippen LogP contribution in [0.15, 0.2) is 41.5 Å². The highest BCUT2D eigenvalue weighted by Crippen LogP contribution is 2.28. The number of likely N-dealkylation sites (tertiary alicyclic amines) is 1. The van der Waals surface area contributed by atoms with Gasteiger partial charge >= 0.3 is 0 Å². The van der Waals surface area contributed by atoms with Crippen molar-refractivity contribution in [3.63, 3.8) is 0 Å². The number of benzene rings is 2. The molecule has 7 nitrogen and oxygen atoms in total. The molecule has 166 valence electrons. The van der Waals surface area contributed by atoms with E-state index in [1.165, 1.54) is 26.4 Å². The van der Waals surface area contributed by atoms with Gasteiger partial charge in [0.15, 0.2) is 11.5 Å². The molecule has 1 fully saturated rings. The molecule has 0 aliphatic carbocycles. The van der Waals surface area contributed by atoms with Gasteiger partial charge in [-0.2, -0.15) is 5.10 Å². The Hall–Kier alpha value is -3.06. The van der Waals surface area contributed by atoms with Gasteiger partial charge in [0, 0.05) is 17.7 Å². The lowest BCUT2D eigenvalue weighted by Gasteiger charge is -2.26. The van der Waals surface area contributed by atoms with Gasteiger partial charge < -0.3 is 14.6 Å². The van der Waals surface area contributed by atoms with Gasteiger partial charge in [-0.25, -0.2) is 5.43 Å². The van der Waals surface area contributed by atoms with E-state index >= 15 is 0 Å². The molecule has 2 aromatic rings. The predicted molar refractivity (Wildman–Crippen MR) is 121 cm³/mol. The predicted octanol–water partition coefficient (Wildman–Crippen LogP) is 3.94. The van der Waals surface area contributed by atoms with E-state index in [4.69, 9.17) is 9.47 Å². The van der Waals surface area contributed by atoms with Crippen molar-refractivity contribution in [2.75, 3.05) is 26.8 Å². The van der Waals surface area contributed by atoms with Gasteiger partial charge in [-0.15, -0.1) is 0 Å².